The van der Waals surface area contributed by atoms with Gasteiger partial charge in [0, 0.05) is 29.1 Å². The van der Waals surface area contributed by atoms with Gasteiger partial charge in [0.2, 0.25) is 0 Å². The monoisotopic (exact) mass is 338 g/mol. The lowest BCUT2D eigenvalue weighted by Gasteiger charge is -2.17. The minimum atomic E-state index is 0.736. The number of rotatable bonds is 8. The highest BCUT2D eigenvalue weighted by Gasteiger charge is 2.10. The van der Waals surface area contributed by atoms with E-state index >= 15 is 0 Å². The van der Waals surface area contributed by atoms with Gasteiger partial charge < -0.3 is 4.74 Å². The standard InChI is InChI=1S/C17H23ClN2OS/c1-4-5-6-17-19-15(12-22-17)11-20(2)10-13-9-14(18)7-8-16(13)21-3/h7-9,12H,4-6,10-11H2,1-3H3. The summed E-state index contributed by atoms with van der Waals surface area (Å²) in [5.74, 6) is 0.873. The molecule has 1 heterocycles. The van der Waals surface area contributed by atoms with Gasteiger partial charge in [-0.3, -0.25) is 4.90 Å². The minimum Gasteiger partial charge on any atom is -0.496 e. The van der Waals surface area contributed by atoms with Crippen molar-refractivity contribution >= 4 is 22.9 Å². The van der Waals surface area contributed by atoms with E-state index < -0.39 is 0 Å². The maximum Gasteiger partial charge on any atom is 0.123 e. The Morgan fingerprint density at radius 2 is 2.14 bits per heavy atom. The van der Waals surface area contributed by atoms with Gasteiger partial charge in [0.15, 0.2) is 0 Å². The van der Waals surface area contributed by atoms with Gasteiger partial charge in [0.05, 0.1) is 17.8 Å². The number of unbranched alkanes of at least 4 members (excludes halogenated alkanes) is 1. The Kier molecular flexibility index (Phi) is 6.68. The number of hydrogen-bond donors (Lipinski definition) is 0. The smallest absolute Gasteiger partial charge is 0.123 e. The molecule has 2 rings (SSSR count). The summed E-state index contributed by atoms with van der Waals surface area (Å²) in [5, 5.41) is 4.14. The Hall–Kier alpha value is -1.10. The van der Waals surface area contributed by atoms with Gasteiger partial charge in [-0.25, -0.2) is 4.98 Å². The lowest BCUT2D eigenvalue weighted by molar-refractivity contribution is 0.307. The number of methoxy groups -OCH3 is 1. The third-order valence-corrected chi connectivity index (χ3v) is 4.65. The number of thiazole rings is 1. The summed E-state index contributed by atoms with van der Waals surface area (Å²) in [6.45, 7) is 3.82. The van der Waals surface area contributed by atoms with Crippen molar-refractivity contribution in [2.45, 2.75) is 39.3 Å². The normalized spacial score (nSPS) is 11.1. The number of hydrogen-bond acceptors (Lipinski definition) is 4. The van der Waals surface area contributed by atoms with Crippen LogP contribution in [0.3, 0.4) is 0 Å². The first kappa shape index (κ1) is 17.3. The van der Waals surface area contributed by atoms with Crippen molar-refractivity contribution in [3.05, 3.63) is 44.9 Å². The minimum absolute atomic E-state index is 0.736. The van der Waals surface area contributed by atoms with Gasteiger partial charge >= 0.3 is 0 Å². The van der Waals surface area contributed by atoms with Crippen LogP contribution in [0.2, 0.25) is 5.02 Å². The third kappa shape index (κ3) is 4.97. The van der Waals surface area contributed by atoms with Gasteiger partial charge in [-0.2, -0.15) is 0 Å². The van der Waals surface area contributed by atoms with Crippen molar-refractivity contribution in [2.75, 3.05) is 14.2 Å². The van der Waals surface area contributed by atoms with E-state index in [1.54, 1.807) is 18.4 Å². The Bertz CT molecular complexity index is 600. The van der Waals surface area contributed by atoms with Crippen molar-refractivity contribution in [3.8, 4) is 5.75 Å². The molecule has 3 nitrogen and oxygen atoms in total. The zero-order valence-corrected chi connectivity index (χ0v) is 15.0. The van der Waals surface area contributed by atoms with Crippen LogP contribution in [0, 0.1) is 0 Å². The average molecular weight is 339 g/mol. The molecule has 0 radical (unpaired) electrons. The van der Waals surface area contributed by atoms with E-state index in [9.17, 15) is 0 Å². The van der Waals surface area contributed by atoms with E-state index in [1.165, 1.54) is 17.8 Å². The summed E-state index contributed by atoms with van der Waals surface area (Å²) in [4.78, 5) is 6.94. The molecule has 0 atom stereocenters. The predicted octanol–water partition coefficient (Wildman–Crippen LogP) is 4.78. The predicted molar refractivity (Wildman–Crippen MR) is 93.9 cm³/mol. The molecule has 0 saturated carbocycles. The molecule has 120 valence electrons. The van der Waals surface area contributed by atoms with Crippen LogP contribution in [0.5, 0.6) is 5.75 Å². The number of halogens is 1. The molecule has 5 heteroatoms. The quantitative estimate of drug-likeness (QED) is 0.692. The molecule has 0 aliphatic rings. The SMILES string of the molecule is CCCCc1nc(CN(C)Cc2cc(Cl)ccc2OC)cs1. The zero-order chi connectivity index (χ0) is 15.9. The molecule has 0 fully saturated rings. The Labute approximate surface area is 141 Å². The molecule has 0 saturated heterocycles. The summed E-state index contributed by atoms with van der Waals surface area (Å²) >= 11 is 7.85. The molecule has 0 bridgehead atoms. The van der Waals surface area contributed by atoms with Crippen LogP contribution in [0.15, 0.2) is 23.6 Å². The number of aromatic nitrogens is 1. The lowest BCUT2D eigenvalue weighted by atomic mass is 10.2. The Morgan fingerprint density at radius 1 is 1.32 bits per heavy atom. The Balaban J connectivity index is 1.96. The van der Waals surface area contributed by atoms with Gasteiger partial charge in [-0.1, -0.05) is 24.9 Å². The molecule has 0 N–H and O–H groups in total. The average Bonchev–Trinajstić information content (AvgIpc) is 2.92. The molecule has 0 unspecified atom stereocenters. The largest absolute Gasteiger partial charge is 0.496 e. The summed E-state index contributed by atoms with van der Waals surface area (Å²) < 4.78 is 5.40. The third-order valence-electron chi connectivity index (χ3n) is 3.46. The van der Waals surface area contributed by atoms with Crippen LogP contribution < -0.4 is 4.74 Å². The van der Waals surface area contributed by atoms with E-state index in [0.29, 0.717) is 0 Å². The summed E-state index contributed by atoms with van der Waals surface area (Å²) in [7, 11) is 3.78. The summed E-state index contributed by atoms with van der Waals surface area (Å²) in [5.41, 5.74) is 2.23. The van der Waals surface area contributed by atoms with Crippen LogP contribution in [-0.2, 0) is 19.5 Å². The first-order valence-corrected chi connectivity index (χ1v) is 8.82. The van der Waals surface area contributed by atoms with Crippen molar-refractivity contribution in [1.29, 1.82) is 0 Å². The number of ether oxygens (including phenoxy) is 1. The van der Waals surface area contributed by atoms with Crippen molar-refractivity contribution in [1.82, 2.24) is 9.88 Å². The molecule has 0 aliphatic heterocycles. The maximum atomic E-state index is 6.08. The highest BCUT2D eigenvalue weighted by molar-refractivity contribution is 7.09. The zero-order valence-electron chi connectivity index (χ0n) is 13.4. The molecule has 0 amide bonds. The number of benzene rings is 1. The van der Waals surface area contributed by atoms with Crippen LogP contribution in [-0.4, -0.2) is 24.0 Å². The second-order valence-corrected chi connectivity index (χ2v) is 6.84. The maximum absolute atomic E-state index is 6.08. The van der Waals surface area contributed by atoms with Crippen molar-refractivity contribution in [3.63, 3.8) is 0 Å². The molecule has 0 aliphatic carbocycles. The second kappa shape index (κ2) is 8.51. The number of nitrogens with zero attached hydrogens (tertiary/aromatic N) is 2. The van der Waals surface area contributed by atoms with Crippen LogP contribution in [0.4, 0.5) is 0 Å². The van der Waals surface area contributed by atoms with Gasteiger partial charge in [0.1, 0.15) is 5.75 Å². The fourth-order valence-electron chi connectivity index (χ4n) is 2.36. The molecule has 1 aromatic carbocycles. The van der Waals surface area contributed by atoms with Gasteiger partial charge in [-0.05, 0) is 38.1 Å². The first-order chi connectivity index (χ1) is 10.6. The van der Waals surface area contributed by atoms with E-state index in [-0.39, 0.29) is 0 Å². The summed E-state index contributed by atoms with van der Waals surface area (Å²) in [6, 6.07) is 5.73. The van der Waals surface area contributed by atoms with Crippen LogP contribution >= 0.6 is 22.9 Å². The van der Waals surface area contributed by atoms with E-state index in [1.807, 2.05) is 18.2 Å². The topological polar surface area (TPSA) is 25.4 Å². The molecule has 1 aromatic heterocycles. The molecule has 0 spiro atoms. The highest BCUT2D eigenvalue weighted by Crippen LogP contribution is 2.24. The van der Waals surface area contributed by atoms with Gasteiger partial charge in [-0.15, -0.1) is 11.3 Å². The van der Waals surface area contributed by atoms with Crippen molar-refractivity contribution < 1.29 is 4.74 Å². The molecule has 22 heavy (non-hydrogen) atoms. The van der Waals surface area contributed by atoms with Crippen molar-refractivity contribution in [2.24, 2.45) is 0 Å². The van der Waals surface area contributed by atoms with E-state index in [4.69, 9.17) is 21.3 Å². The number of aryl methyl sites for hydroxylation is 1. The fraction of sp³-hybridized carbons (Fsp3) is 0.471. The molecular formula is C17H23ClN2OS. The van der Waals surface area contributed by atoms with E-state index in [2.05, 4.69) is 24.3 Å². The molecular weight excluding hydrogens is 316 g/mol. The summed E-state index contributed by atoms with van der Waals surface area (Å²) in [6.07, 6.45) is 3.51. The van der Waals surface area contributed by atoms with Gasteiger partial charge in [0.25, 0.3) is 0 Å². The molecule has 2 aromatic rings. The second-order valence-electron chi connectivity index (χ2n) is 5.46. The Morgan fingerprint density at radius 3 is 2.86 bits per heavy atom. The first-order valence-electron chi connectivity index (χ1n) is 7.56. The van der Waals surface area contributed by atoms with E-state index in [0.717, 1.165) is 41.5 Å². The fourth-order valence-corrected chi connectivity index (χ4v) is 3.38. The van der Waals surface area contributed by atoms with Crippen LogP contribution in [0.1, 0.15) is 36.0 Å². The highest BCUT2D eigenvalue weighted by atomic mass is 35.5. The van der Waals surface area contributed by atoms with Crippen LogP contribution in [0.25, 0.3) is 0 Å². The lowest BCUT2D eigenvalue weighted by Crippen LogP contribution is -2.18.